The van der Waals surface area contributed by atoms with E-state index in [0.717, 1.165) is 36.4 Å². The number of morpholine rings is 1. The molecule has 0 unspecified atom stereocenters. The molecule has 2 saturated heterocycles. The molecular formula is C23H30BN3O4. The topological polar surface area (TPSA) is 65.5 Å². The number of carbonyl (C=O) groups excluding carboxylic acids is 1. The molecule has 2 heterocycles. The molecular weight excluding hydrogens is 393 g/mol. The molecule has 8 heteroatoms. The number of nitrogens with zero attached hydrogens (tertiary/aromatic N) is 3. The van der Waals surface area contributed by atoms with Crippen LogP contribution >= 0.6 is 0 Å². The van der Waals surface area contributed by atoms with E-state index in [1.54, 1.807) is 11.7 Å². The van der Waals surface area contributed by atoms with Crippen LogP contribution in [0.25, 0.3) is 0 Å². The molecule has 0 aromatic heterocycles. The molecule has 2 aromatic carbocycles. The maximum absolute atomic E-state index is 12.4. The summed E-state index contributed by atoms with van der Waals surface area (Å²) in [6, 6.07) is 18.2. The zero-order chi connectivity index (χ0) is 21.6. The van der Waals surface area contributed by atoms with Crippen molar-refractivity contribution < 1.29 is 19.3 Å². The fourth-order valence-corrected chi connectivity index (χ4v) is 4.07. The van der Waals surface area contributed by atoms with Crippen molar-refractivity contribution in [2.75, 3.05) is 50.8 Å². The van der Waals surface area contributed by atoms with E-state index < -0.39 is 7.05 Å². The number of hydrogen-bond acceptors (Lipinski definition) is 6. The maximum Gasteiger partial charge on any atom is 0.410 e. The van der Waals surface area contributed by atoms with Crippen molar-refractivity contribution in [3.63, 3.8) is 0 Å². The Labute approximate surface area is 184 Å². The summed E-state index contributed by atoms with van der Waals surface area (Å²) in [5.74, 6) is 0. The molecule has 0 radical (unpaired) electrons. The van der Waals surface area contributed by atoms with Gasteiger partial charge < -0.3 is 29.1 Å². The van der Waals surface area contributed by atoms with Gasteiger partial charge in [-0.3, -0.25) is 0 Å². The Kier molecular flexibility index (Phi) is 7.12. The van der Waals surface area contributed by atoms with E-state index in [4.69, 9.17) is 9.47 Å². The minimum atomic E-state index is -0.457. The van der Waals surface area contributed by atoms with Gasteiger partial charge in [-0.05, 0) is 30.1 Å². The normalized spacial score (nSPS) is 19.9. The Morgan fingerprint density at radius 2 is 1.77 bits per heavy atom. The van der Waals surface area contributed by atoms with Gasteiger partial charge >= 0.3 is 13.1 Å². The Morgan fingerprint density at radius 3 is 2.45 bits per heavy atom. The van der Waals surface area contributed by atoms with Gasteiger partial charge in [-0.15, -0.1) is 0 Å². The van der Waals surface area contributed by atoms with Crippen molar-refractivity contribution >= 4 is 18.8 Å². The van der Waals surface area contributed by atoms with Gasteiger partial charge in [-0.25, -0.2) is 4.79 Å². The predicted molar refractivity (Wildman–Crippen MR) is 121 cm³/mol. The van der Waals surface area contributed by atoms with Crippen LogP contribution in [-0.4, -0.2) is 73.8 Å². The van der Waals surface area contributed by atoms with Crippen molar-refractivity contribution in [1.82, 2.24) is 9.71 Å². The Bertz CT molecular complexity index is 842. The second-order valence-electron chi connectivity index (χ2n) is 8.09. The van der Waals surface area contributed by atoms with Crippen molar-refractivity contribution in [2.24, 2.45) is 0 Å². The first-order valence-corrected chi connectivity index (χ1v) is 10.9. The summed E-state index contributed by atoms with van der Waals surface area (Å²) in [4.78, 5) is 18.4. The number of hydrogen-bond donors (Lipinski definition) is 1. The van der Waals surface area contributed by atoms with Crippen LogP contribution in [0.4, 0.5) is 10.5 Å². The van der Waals surface area contributed by atoms with Crippen molar-refractivity contribution in [2.45, 2.75) is 19.5 Å². The third-order valence-corrected chi connectivity index (χ3v) is 6.00. The Morgan fingerprint density at radius 1 is 1.06 bits per heavy atom. The van der Waals surface area contributed by atoms with Gasteiger partial charge in [-0.2, -0.15) is 0 Å². The second-order valence-corrected chi connectivity index (χ2v) is 8.09. The van der Waals surface area contributed by atoms with Gasteiger partial charge in [0.25, 0.3) is 0 Å². The molecule has 7 nitrogen and oxygen atoms in total. The summed E-state index contributed by atoms with van der Waals surface area (Å²) < 4.78 is 11.4. The minimum absolute atomic E-state index is 0.0198. The highest BCUT2D eigenvalue weighted by atomic mass is 16.6. The van der Waals surface area contributed by atoms with Gasteiger partial charge in [-0.1, -0.05) is 42.5 Å². The summed E-state index contributed by atoms with van der Waals surface area (Å²) in [6.07, 6.45) is -0.274. The van der Waals surface area contributed by atoms with E-state index in [-0.39, 0.29) is 12.2 Å². The number of rotatable bonds is 5. The lowest BCUT2D eigenvalue weighted by Gasteiger charge is -2.36. The van der Waals surface area contributed by atoms with Crippen LogP contribution < -0.4 is 4.90 Å². The molecule has 2 aliphatic rings. The fraction of sp³-hybridized carbons (Fsp3) is 0.435. The van der Waals surface area contributed by atoms with E-state index in [0.29, 0.717) is 32.8 Å². The minimum Gasteiger partial charge on any atom is -0.445 e. The van der Waals surface area contributed by atoms with E-state index in [9.17, 15) is 9.82 Å². The standard InChI is InChI=1S/C23H30BN3O4/c1-24(29)27-15-16-30-22(17-27)20-7-9-21(10-8-20)25-11-13-26(14-12-25)23(28)31-18-19-5-3-2-4-6-19/h2-10,22,29H,11-18H2,1H3/t22-/m0/s1. The molecule has 1 N–H and O–H groups in total. The van der Waals surface area contributed by atoms with Crippen LogP contribution in [0.2, 0.25) is 6.82 Å². The van der Waals surface area contributed by atoms with Crippen LogP contribution in [0, 0.1) is 0 Å². The first-order chi connectivity index (χ1) is 15.1. The number of benzene rings is 2. The smallest absolute Gasteiger partial charge is 0.410 e. The molecule has 1 atom stereocenters. The number of piperazine rings is 1. The number of ether oxygens (including phenoxy) is 2. The summed E-state index contributed by atoms with van der Waals surface area (Å²) >= 11 is 0. The maximum atomic E-state index is 12.4. The van der Waals surface area contributed by atoms with Crippen LogP contribution in [0.3, 0.4) is 0 Å². The molecule has 31 heavy (non-hydrogen) atoms. The summed E-state index contributed by atoms with van der Waals surface area (Å²) in [5.41, 5.74) is 3.26. The molecule has 2 aromatic rings. The number of carbonyl (C=O) groups is 1. The van der Waals surface area contributed by atoms with E-state index in [1.165, 1.54) is 0 Å². The lowest BCUT2D eigenvalue weighted by Crippen LogP contribution is -2.49. The van der Waals surface area contributed by atoms with Crippen LogP contribution in [0.15, 0.2) is 54.6 Å². The molecule has 2 fully saturated rings. The van der Waals surface area contributed by atoms with Crippen LogP contribution in [0.1, 0.15) is 17.2 Å². The average molecular weight is 423 g/mol. The number of anilines is 1. The van der Waals surface area contributed by atoms with E-state index in [2.05, 4.69) is 29.2 Å². The lowest BCUT2D eigenvalue weighted by molar-refractivity contribution is -0.00805. The van der Waals surface area contributed by atoms with Crippen molar-refractivity contribution in [3.05, 3.63) is 65.7 Å². The average Bonchev–Trinajstić information content (AvgIpc) is 2.83. The Hall–Kier alpha value is -2.55. The summed E-state index contributed by atoms with van der Waals surface area (Å²) in [6.45, 7) is 7.00. The molecule has 0 aliphatic carbocycles. The molecule has 0 spiro atoms. The lowest BCUT2D eigenvalue weighted by atomic mass is 9.83. The van der Waals surface area contributed by atoms with Crippen LogP contribution in [0.5, 0.6) is 0 Å². The molecule has 1 amide bonds. The van der Waals surface area contributed by atoms with E-state index in [1.807, 2.05) is 35.1 Å². The molecule has 4 rings (SSSR count). The zero-order valence-electron chi connectivity index (χ0n) is 18.0. The quantitative estimate of drug-likeness (QED) is 0.747. The first kappa shape index (κ1) is 21.7. The molecule has 164 valence electrons. The molecule has 0 bridgehead atoms. The zero-order valence-corrected chi connectivity index (χ0v) is 18.0. The SMILES string of the molecule is CB(O)N1CCO[C@H](c2ccc(N3CCN(C(=O)OCc4ccccc4)CC3)cc2)C1. The third-order valence-electron chi connectivity index (χ3n) is 6.00. The van der Waals surface area contributed by atoms with Crippen LogP contribution in [-0.2, 0) is 16.1 Å². The van der Waals surface area contributed by atoms with Gasteiger partial charge in [0.15, 0.2) is 0 Å². The fourth-order valence-electron chi connectivity index (χ4n) is 4.07. The van der Waals surface area contributed by atoms with Crippen molar-refractivity contribution in [1.29, 1.82) is 0 Å². The summed E-state index contributed by atoms with van der Waals surface area (Å²) in [7, 11) is -0.457. The Balaban J connectivity index is 1.26. The number of amides is 1. The summed E-state index contributed by atoms with van der Waals surface area (Å²) in [5, 5.41) is 9.84. The highest BCUT2D eigenvalue weighted by Gasteiger charge is 2.27. The highest BCUT2D eigenvalue weighted by Crippen LogP contribution is 2.25. The second kappa shape index (κ2) is 10.2. The molecule has 2 aliphatic heterocycles. The predicted octanol–water partition coefficient (Wildman–Crippen LogP) is 2.63. The molecule has 0 saturated carbocycles. The largest absolute Gasteiger partial charge is 0.445 e. The van der Waals surface area contributed by atoms with Gasteiger partial charge in [0.2, 0.25) is 0 Å². The first-order valence-electron chi connectivity index (χ1n) is 10.9. The third kappa shape index (κ3) is 5.58. The van der Waals surface area contributed by atoms with Gasteiger partial charge in [0.05, 0.1) is 12.7 Å². The van der Waals surface area contributed by atoms with Gasteiger partial charge in [0.1, 0.15) is 6.61 Å². The van der Waals surface area contributed by atoms with Gasteiger partial charge in [0, 0.05) is 45.0 Å². The monoisotopic (exact) mass is 423 g/mol. The highest BCUT2D eigenvalue weighted by molar-refractivity contribution is 6.45. The van der Waals surface area contributed by atoms with Crippen molar-refractivity contribution in [3.8, 4) is 0 Å². The van der Waals surface area contributed by atoms with E-state index >= 15 is 0 Å².